The van der Waals surface area contributed by atoms with Crippen molar-refractivity contribution in [2.24, 2.45) is 5.92 Å². The first-order valence-electron chi connectivity index (χ1n) is 5.37. The average Bonchev–Trinajstić information content (AvgIpc) is 2.79. The largest absolute Gasteiger partial charge is 0.355 e. The van der Waals surface area contributed by atoms with Crippen molar-refractivity contribution in [3.63, 3.8) is 0 Å². The van der Waals surface area contributed by atoms with Gasteiger partial charge >= 0.3 is 0 Å². The van der Waals surface area contributed by atoms with Crippen molar-refractivity contribution in [1.29, 1.82) is 5.26 Å². The number of benzene rings is 1. The minimum Gasteiger partial charge on any atom is -0.355 e. The minimum atomic E-state index is -0.390. The summed E-state index contributed by atoms with van der Waals surface area (Å²) in [5, 5.41) is 14.4. The lowest BCUT2D eigenvalue weighted by molar-refractivity contribution is -0.123. The Morgan fingerprint density at radius 2 is 2.33 bits per heavy atom. The number of carbonyl (C=O) groups is 2. The number of nitrogens with zero attached hydrogens (tertiary/aromatic N) is 1. The summed E-state index contributed by atoms with van der Waals surface area (Å²) in [4.78, 5) is 22.9. The van der Waals surface area contributed by atoms with Gasteiger partial charge in [0.1, 0.15) is 0 Å². The average molecular weight is 264 g/mol. The number of carbonyl (C=O) groups excluding carboxylic acids is 2. The summed E-state index contributed by atoms with van der Waals surface area (Å²) in [6.07, 6.45) is 0.182. The van der Waals surface area contributed by atoms with Gasteiger partial charge in [-0.2, -0.15) is 5.26 Å². The summed E-state index contributed by atoms with van der Waals surface area (Å²) in [6.45, 7) is 0.334. The summed E-state index contributed by atoms with van der Waals surface area (Å²) in [7, 11) is 0. The van der Waals surface area contributed by atoms with E-state index in [-0.39, 0.29) is 24.2 Å². The van der Waals surface area contributed by atoms with Crippen molar-refractivity contribution < 1.29 is 9.59 Å². The minimum absolute atomic E-state index is 0.132. The third-order valence-electron chi connectivity index (χ3n) is 2.70. The van der Waals surface area contributed by atoms with E-state index in [9.17, 15) is 9.59 Å². The fourth-order valence-electron chi connectivity index (χ4n) is 1.72. The third-order valence-corrected chi connectivity index (χ3v) is 3.03. The number of hydrogen-bond donors (Lipinski definition) is 2. The fraction of sp³-hybridized carbons (Fsp3) is 0.250. The van der Waals surface area contributed by atoms with E-state index in [0.29, 0.717) is 22.8 Å². The van der Waals surface area contributed by atoms with Gasteiger partial charge in [0, 0.05) is 13.0 Å². The molecule has 1 aromatic carbocycles. The van der Waals surface area contributed by atoms with Gasteiger partial charge in [0.15, 0.2) is 0 Å². The fourth-order valence-corrected chi connectivity index (χ4v) is 1.88. The first-order valence-corrected chi connectivity index (χ1v) is 5.75. The lowest BCUT2D eigenvalue weighted by Gasteiger charge is -2.10. The van der Waals surface area contributed by atoms with E-state index in [1.54, 1.807) is 12.1 Å². The highest BCUT2D eigenvalue weighted by atomic mass is 35.5. The first-order chi connectivity index (χ1) is 8.60. The summed E-state index contributed by atoms with van der Waals surface area (Å²) >= 11 is 5.93. The van der Waals surface area contributed by atoms with Crippen LogP contribution in [0.4, 0.5) is 5.69 Å². The first kappa shape index (κ1) is 12.4. The number of hydrogen-bond acceptors (Lipinski definition) is 3. The second-order valence-corrected chi connectivity index (χ2v) is 4.41. The van der Waals surface area contributed by atoms with Gasteiger partial charge in [0.05, 0.1) is 28.3 Å². The molecule has 18 heavy (non-hydrogen) atoms. The van der Waals surface area contributed by atoms with E-state index >= 15 is 0 Å². The molecule has 0 bridgehead atoms. The molecule has 1 aromatic rings. The zero-order chi connectivity index (χ0) is 13.1. The number of anilines is 1. The highest BCUT2D eigenvalue weighted by Crippen LogP contribution is 2.24. The van der Waals surface area contributed by atoms with Crippen LogP contribution in [-0.4, -0.2) is 18.4 Å². The number of rotatable bonds is 2. The van der Waals surface area contributed by atoms with Crippen LogP contribution < -0.4 is 10.6 Å². The molecule has 0 radical (unpaired) electrons. The van der Waals surface area contributed by atoms with E-state index in [0.717, 1.165) is 0 Å². The molecule has 92 valence electrons. The molecule has 1 unspecified atom stereocenters. The molecule has 0 aliphatic carbocycles. The highest BCUT2D eigenvalue weighted by molar-refractivity contribution is 6.33. The predicted molar refractivity (Wildman–Crippen MR) is 65.9 cm³/mol. The Morgan fingerprint density at radius 3 is 2.94 bits per heavy atom. The smallest absolute Gasteiger partial charge is 0.229 e. The maximum Gasteiger partial charge on any atom is 0.229 e. The zero-order valence-electron chi connectivity index (χ0n) is 9.37. The van der Waals surface area contributed by atoms with Crippen molar-refractivity contribution in [3.8, 4) is 6.07 Å². The second kappa shape index (κ2) is 5.07. The van der Waals surface area contributed by atoms with Crippen molar-refractivity contribution >= 4 is 29.1 Å². The van der Waals surface area contributed by atoms with Crippen molar-refractivity contribution in [2.45, 2.75) is 6.42 Å². The molecule has 2 N–H and O–H groups in total. The van der Waals surface area contributed by atoms with Gasteiger partial charge in [-0.1, -0.05) is 11.6 Å². The molecule has 5 nitrogen and oxygen atoms in total. The van der Waals surface area contributed by atoms with Crippen molar-refractivity contribution in [1.82, 2.24) is 5.32 Å². The second-order valence-electron chi connectivity index (χ2n) is 4.00. The number of amides is 2. The van der Waals surface area contributed by atoms with E-state index in [1.165, 1.54) is 6.07 Å². The van der Waals surface area contributed by atoms with E-state index in [1.807, 2.05) is 6.07 Å². The molecule has 1 aliphatic heterocycles. The maximum atomic E-state index is 11.9. The maximum absolute atomic E-state index is 11.9. The Bertz CT molecular complexity index is 551. The Hall–Kier alpha value is -2.06. The van der Waals surface area contributed by atoms with Gasteiger partial charge in [0.25, 0.3) is 0 Å². The molecular weight excluding hydrogens is 254 g/mol. The molecule has 0 aromatic heterocycles. The van der Waals surface area contributed by atoms with Crippen LogP contribution in [0.25, 0.3) is 0 Å². The molecule has 1 fully saturated rings. The Labute approximate surface area is 109 Å². The molecule has 0 saturated carbocycles. The molecule has 1 aliphatic rings. The lowest BCUT2D eigenvalue weighted by atomic mass is 10.1. The third kappa shape index (κ3) is 2.60. The van der Waals surface area contributed by atoms with Crippen LogP contribution in [0.1, 0.15) is 12.0 Å². The molecule has 0 spiro atoms. The van der Waals surface area contributed by atoms with E-state index < -0.39 is 0 Å². The number of halogens is 1. The van der Waals surface area contributed by atoms with Crippen LogP contribution in [0.5, 0.6) is 0 Å². The Morgan fingerprint density at radius 1 is 1.56 bits per heavy atom. The Balaban J connectivity index is 2.12. The van der Waals surface area contributed by atoms with Crippen LogP contribution in [-0.2, 0) is 9.59 Å². The standard InChI is InChI=1S/C12H10ClN3O2/c13-9-2-1-7(5-14)3-10(9)16-12(18)8-4-11(17)15-6-8/h1-3,8H,4,6H2,(H,15,17)(H,16,18). The van der Waals surface area contributed by atoms with Gasteiger partial charge in [-0.15, -0.1) is 0 Å². The van der Waals surface area contributed by atoms with Crippen molar-refractivity contribution in [3.05, 3.63) is 28.8 Å². The van der Waals surface area contributed by atoms with Gasteiger partial charge in [-0.3, -0.25) is 9.59 Å². The summed E-state index contributed by atoms with van der Waals surface area (Å²) in [5.41, 5.74) is 0.801. The normalized spacial score (nSPS) is 18.0. The highest BCUT2D eigenvalue weighted by Gasteiger charge is 2.28. The number of nitriles is 1. The van der Waals surface area contributed by atoms with Crippen LogP contribution in [0.3, 0.4) is 0 Å². The van der Waals surface area contributed by atoms with Gasteiger partial charge in [-0.05, 0) is 18.2 Å². The lowest BCUT2D eigenvalue weighted by Crippen LogP contribution is -2.24. The molecule has 1 saturated heterocycles. The summed E-state index contributed by atoms with van der Waals surface area (Å²) < 4.78 is 0. The van der Waals surface area contributed by atoms with Crippen LogP contribution in [0, 0.1) is 17.2 Å². The van der Waals surface area contributed by atoms with Crippen LogP contribution in [0.2, 0.25) is 5.02 Å². The zero-order valence-corrected chi connectivity index (χ0v) is 10.1. The van der Waals surface area contributed by atoms with Gasteiger partial charge in [-0.25, -0.2) is 0 Å². The molecule has 1 atom stereocenters. The molecule has 2 rings (SSSR count). The monoisotopic (exact) mass is 263 g/mol. The van der Waals surface area contributed by atoms with E-state index in [2.05, 4.69) is 10.6 Å². The molecule has 2 amide bonds. The topological polar surface area (TPSA) is 82.0 Å². The molecule has 1 heterocycles. The SMILES string of the molecule is N#Cc1ccc(Cl)c(NC(=O)C2CNC(=O)C2)c1. The molecular formula is C12H10ClN3O2. The van der Waals surface area contributed by atoms with E-state index in [4.69, 9.17) is 16.9 Å². The summed E-state index contributed by atoms with van der Waals surface area (Å²) in [5.74, 6) is -0.795. The number of nitrogens with one attached hydrogen (secondary N) is 2. The van der Waals surface area contributed by atoms with Crippen LogP contribution >= 0.6 is 11.6 Å². The van der Waals surface area contributed by atoms with Gasteiger partial charge < -0.3 is 10.6 Å². The van der Waals surface area contributed by atoms with Gasteiger partial charge in [0.2, 0.25) is 11.8 Å². The van der Waals surface area contributed by atoms with Crippen LogP contribution in [0.15, 0.2) is 18.2 Å². The van der Waals surface area contributed by atoms with Crippen molar-refractivity contribution in [2.75, 3.05) is 11.9 Å². The quantitative estimate of drug-likeness (QED) is 0.843. The predicted octanol–water partition coefficient (Wildman–Crippen LogP) is 1.29. The summed E-state index contributed by atoms with van der Waals surface area (Å²) in [6, 6.07) is 6.59. The molecule has 6 heteroatoms. The Kier molecular flexibility index (Phi) is 3.49.